The molecule has 26 rings (SSSR count). The normalized spacial score (nSPS) is 11.8. The summed E-state index contributed by atoms with van der Waals surface area (Å²) in [6.07, 6.45) is 1.93. The second kappa shape index (κ2) is 29.3. The Labute approximate surface area is 722 Å². The van der Waals surface area contributed by atoms with E-state index in [1.165, 1.54) is 76.2 Å². The topological polar surface area (TPSA) is 110 Å². The second-order valence-corrected chi connectivity index (χ2v) is 32.2. The van der Waals surface area contributed by atoms with Crippen molar-refractivity contribution in [2.75, 3.05) is 0 Å². The van der Waals surface area contributed by atoms with Crippen LogP contribution in [0.3, 0.4) is 0 Å². The molecular weight excluding hydrogens is 1540 g/mol. The summed E-state index contributed by atoms with van der Waals surface area (Å²) in [7, 11) is 0. The number of rotatable bonds is 12. The van der Waals surface area contributed by atoms with Crippen LogP contribution in [0, 0.1) is 0 Å². The zero-order chi connectivity index (χ0) is 82.9. The molecule has 17 aromatic carbocycles. The Balaban J connectivity index is 0.000000137. The molecule has 588 valence electrons. The Morgan fingerprint density at radius 1 is 0.175 bits per heavy atom. The molecule has 9 aromatic heterocycles. The smallest absolute Gasteiger partial charge is 0.246 e. The van der Waals surface area contributed by atoms with Crippen LogP contribution in [0.5, 0.6) is 0 Å². The summed E-state index contributed by atoms with van der Waals surface area (Å²) in [6.45, 7) is 0. The van der Waals surface area contributed by atoms with E-state index >= 15 is 0 Å². The fourth-order valence-electron chi connectivity index (χ4n) is 19.1. The number of aromatic nitrogens is 9. The first-order chi connectivity index (χ1) is 62.4. The van der Waals surface area contributed by atoms with Crippen molar-refractivity contribution in [2.45, 2.75) is 0 Å². The summed E-state index contributed by atoms with van der Waals surface area (Å²) < 4.78 is 21.8. The largest absolute Gasteiger partial charge is 0.436 e. The van der Waals surface area contributed by atoms with E-state index in [0.29, 0.717) is 17.5 Å². The number of benzene rings is 17. The number of hydrogen-bond donors (Lipinski definition) is 0. The number of pyridine rings is 3. The maximum Gasteiger partial charge on any atom is 0.246 e. The molecule has 0 N–H and O–H groups in total. The first-order valence-corrected chi connectivity index (χ1v) is 42.5. The zero-order valence-corrected chi connectivity index (χ0v) is 67.8. The predicted molar refractivity (Wildman–Crippen MR) is 517 cm³/mol. The van der Waals surface area contributed by atoms with E-state index in [4.69, 9.17) is 33.8 Å². The maximum atomic E-state index is 6.28. The average Bonchev–Trinajstić information content (AvgIpc) is 1.54. The Kier molecular flexibility index (Phi) is 16.7. The summed E-state index contributed by atoms with van der Waals surface area (Å²) in [6, 6.07) is 150. The van der Waals surface area contributed by atoms with Gasteiger partial charge in [0, 0.05) is 105 Å². The lowest BCUT2D eigenvalue weighted by Crippen LogP contribution is -1.94. The van der Waals surface area contributed by atoms with E-state index in [-0.39, 0.29) is 0 Å². The predicted octanol–water partition coefficient (Wildman–Crippen LogP) is 29.9. The summed E-state index contributed by atoms with van der Waals surface area (Å²) in [5.41, 5.74) is 33.1. The molecule has 0 radical (unpaired) electrons. The molecule has 0 bridgehead atoms. The first-order valence-electron chi connectivity index (χ1n) is 42.5. The first kappa shape index (κ1) is 71.7. The van der Waals surface area contributed by atoms with Crippen LogP contribution in [-0.4, -0.2) is 43.2 Å². The van der Waals surface area contributed by atoms with Crippen molar-refractivity contribution in [2.24, 2.45) is 0 Å². The highest BCUT2D eigenvalue weighted by Gasteiger charge is 2.23. The van der Waals surface area contributed by atoms with Crippen LogP contribution in [0.2, 0.25) is 0 Å². The van der Waals surface area contributed by atoms with Crippen molar-refractivity contribution < 1.29 is 8.83 Å². The fraction of sp³-hybridized carbons (Fsp3) is 0. The van der Waals surface area contributed by atoms with Gasteiger partial charge in [0.15, 0.2) is 11.2 Å². The second-order valence-electron chi connectivity index (χ2n) is 32.2. The third-order valence-corrected chi connectivity index (χ3v) is 24.9. The van der Waals surface area contributed by atoms with Crippen LogP contribution < -0.4 is 0 Å². The van der Waals surface area contributed by atoms with Gasteiger partial charge < -0.3 is 27.1 Å². The molecule has 0 saturated carbocycles. The highest BCUT2D eigenvalue weighted by atomic mass is 16.4. The van der Waals surface area contributed by atoms with Crippen molar-refractivity contribution in [1.29, 1.82) is 0 Å². The molecule has 0 aliphatic carbocycles. The molecule has 11 nitrogen and oxygen atoms in total. The van der Waals surface area contributed by atoms with Crippen LogP contribution in [0.25, 0.3) is 244 Å². The lowest BCUT2D eigenvalue weighted by atomic mass is 9.94. The number of fused-ring (bicyclic) bond motifs is 16. The minimum atomic E-state index is 0.497. The standard InChI is InChI=1S/C58H36N4O.C57H35N5O/c1-3-16-42(17-4-1)61-53-23-10-7-20-44(53)48-34-38(27-30-55(48)61)37-26-29-50-47(33-37)46(39-14-13-15-41(32-39)58-60-51-22-9-12-25-57(51)63-58)36-52(59-50)40-28-31-56-49(35-40)45-21-8-11-24-54(45)62(56)43-18-5-2-6-19-43;1-3-13-40(14-4-1)61-52-20-10-7-17-42(52)46-32-37(25-29-54(46)61)36-23-27-48-45(31-36)44(39-24-28-50(58-35-39)57-60-49-19-9-12-22-56(49)63-57)34-51(59-48)38-26-30-55-47(33-38)43-18-8-11-21-53(43)62(55)41-15-5-2-6-16-41/h1-36H;1-35H. The maximum absolute atomic E-state index is 6.28. The van der Waals surface area contributed by atoms with Gasteiger partial charge in [0.05, 0.1) is 66.6 Å². The monoisotopic (exact) mass is 1610 g/mol. The van der Waals surface area contributed by atoms with E-state index in [2.05, 4.69) is 388 Å². The number of nitrogens with zero attached hydrogens (tertiary/aromatic N) is 9. The quantitative estimate of drug-likeness (QED) is 0.120. The van der Waals surface area contributed by atoms with Gasteiger partial charge in [0.1, 0.15) is 16.7 Å². The molecule has 26 aromatic rings. The highest BCUT2D eigenvalue weighted by Crippen LogP contribution is 2.45. The number of hydrogen-bond acceptors (Lipinski definition) is 7. The summed E-state index contributed by atoms with van der Waals surface area (Å²) in [4.78, 5) is 25.3. The van der Waals surface area contributed by atoms with E-state index in [1.54, 1.807) is 0 Å². The van der Waals surface area contributed by atoms with Crippen molar-refractivity contribution >= 4 is 131 Å². The third-order valence-electron chi connectivity index (χ3n) is 24.9. The van der Waals surface area contributed by atoms with E-state index < -0.39 is 0 Å². The molecule has 0 unspecified atom stereocenters. The number of para-hydroxylation sites is 12. The Morgan fingerprint density at radius 3 is 0.897 bits per heavy atom. The molecule has 126 heavy (non-hydrogen) atoms. The molecule has 9 heterocycles. The average molecular weight is 1610 g/mol. The SMILES string of the molecule is c1ccc(-n2c3ccccc3c3cc(-c4ccc5nc(-c6ccc7c(c6)c6ccccc6n7-c6ccccc6)cc(-c6ccc(-c7nc8ccccc8o7)nc6)c5c4)ccc32)cc1.c1ccc(-n2c3ccccc3c3cc(-c4ccc5nc(-c6ccc7c(c6)c6ccccc6n7-c6ccccc6)cc(-c6cccc(-c7nc8ccccc8o7)c6)c5c4)ccc32)cc1. The lowest BCUT2D eigenvalue weighted by Gasteiger charge is -2.14. The van der Waals surface area contributed by atoms with Gasteiger partial charge in [-0.3, -0.25) is 4.98 Å². The van der Waals surface area contributed by atoms with E-state index in [9.17, 15) is 0 Å². The molecule has 0 saturated heterocycles. The summed E-state index contributed by atoms with van der Waals surface area (Å²) >= 11 is 0. The van der Waals surface area contributed by atoms with Crippen LogP contribution in [0.1, 0.15) is 0 Å². The van der Waals surface area contributed by atoms with Gasteiger partial charge >= 0.3 is 0 Å². The molecule has 0 aliphatic rings. The molecule has 0 amide bonds. The molecule has 11 heteroatoms. The van der Waals surface area contributed by atoms with E-state index in [1.807, 2.05) is 60.8 Å². The molecule has 0 fully saturated rings. The van der Waals surface area contributed by atoms with Gasteiger partial charge in [0.25, 0.3) is 0 Å². The summed E-state index contributed by atoms with van der Waals surface area (Å²) in [5.74, 6) is 1.10. The summed E-state index contributed by atoms with van der Waals surface area (Å²) in [5, 5.41) is 11.8. The van der Waals surface area contributed by atoms with Crippen LogP contribution in [-0.2, 0) is 0 Å². The van der Waals surface area contributed by atoms with Crippen molar-refractivity contribution in [1.82, 2.24) is 43.2 Å². The third kappa shape index (κ3) is 12.1. The van der Waals surface area contributed by atoms with E-state index in [0.717, 1.165) is 150 Å². The molecule has 0 atom stereocenters. The lowest BCUT2D eigenvalue weighted by molar-refractivity contribution is 0.617. The molecule has 0 spiro atoms. The van der Waals surface area contributed by atoms with Crippen molar-refractivity contribution in [3.8, 4) is 113 Å². The van der Waals surface area contributed by atoms with Gasteiger partial charge in [-0.25, -0.2) is 19.9 Å². The number of oxazole rings is 2. The minimum Gasteiger partial charge on any atom is -0.436 e. The van der Waals surface area contributed by atoms with Gasteiger partial charge in [0.2, 0.25) is 11.8 Å². The highest BCUT2D eigenvalue weighted by molar-refractivity contribution is 6.15. The molecular formula is C115H71N9O2. The Hall–Kier alpha value is -17.2. The van der Waals surface area contributed by atoms with Crippen molar-refractivity contribution in [3.05, 3.63) is 431 Å². The van der Waals surface area contributed by atoms with Gasteiger partial charge in [-0.2, -0.15) is 0 Å². The van der Waals surface area contributed by atoms with Crippen molar-refractivity contribution in [3.63, 3.8) is 0 Å². The Bertz CT molecular complexity index is 8780. The van der Waals surface area contributed by atoms with Crippen LogP contribution in [0.15, 0.2) is 440 Å². The van der Waals surface area contributed by atoms with Crippen LogP contribution >= 0.6 is 0 Å². The molecule has 0 aliphatic heterocycles. The van der Waals surface area contributed by atoms with Gasteiger partial charge in [-0.15, -0.1) is 0 Å². The fourth-order valence-corrected chi connectivity index (χ4v) is 19.1. The minimum absolute atomic E-state index is 0.497. The Morgan fingerprint density at radius 2 is 0.492 bits per heavy atom. The van der Waals surface area contributed by atoms with Gasteiger partial charge in [-0.05, 0) is 239 Å². The van der Waals surface area contributed by atoms with Crippen LogP contribution in [0.4, 0.5) is 0 Å². The zero-order valence-electron chi connectivity index (χ0n) is 67.8. The van der Waals surface area contributed by atoms with Gasteiger partial charge in [-0.1, -0.05) is 224 Å².